The fourth-order valence-corrected chi connectivity index (χ4v) is 1.89. The van der Waals surface area contributed by atoms with Gasteiger partial charge in [0.2, 0.25) is 0 Å². The zero-order valence-corrected chi connectivity index (χ0v) is 9.50. The maximum Gasteiger partial charge on any atom is 0.328 e. The highest BCUT2D eigenvalue weighted by Crippen LogP contribution is 2.27. The van der Waals surface area contributed by atoms with E-state index < -0.39 is 36.8 Å². The first-order chi connectivity index (χ1) is 8.04. The van der Waals surface area contributed by atoms with Crippen LogP contribution >= 0.6 is 12.2 Å². The van der Waals surface area contributed by atoms with Crippen molar-refractivity contribution in [1.82, 2.24) is 9.55 Å². The van der Waals surface area contributed by atoms with Crippen molar-refractivity contribution >= 4 is 12.2 Å². The van der Waals surface area contributed by atoms with E-state index in [1.54, 1.807) is 0 Å². The van der Waals surface area contributed by atoms with Crippen LogP contribution in [0.25, 0.3) is 0 Å². The number of rotatable bonds is 2. The van der Waals surface area contributed by atoms with E-state index in [1.165, 1.54) is 12.3 Å². The lowest BCUT2D eigenvalue weighted by atomic mass is 10.1. The molecule has 17 heavy (non-hydrogen) atoms. The van der Waals surface area contributed by atoms with Crippen LogP contribution in [0.2, 0.25) is 0 Å². The number of H-pyrrole nitrogens is 1. The molecule has 0 aliphatic carbocycles. The first kappa shape index (κ1) is 12.4. The summed E-state index contributed by atoms with van der Waals surface area (Å²) in [6.07, 6.45) is -3.11. The highest BCUT2D eigenvalue weighted by molar-refractivity contribution is 7.71. The number of ether oxygens (including phenoxy) is 1. The molecule has 4 atom stereocenters. The van der Waals surface area contributed by atoms with E-state index in [-0.39, 0.29) is 4.64 Å². The Kier molecular flexibility index (Phi) is 3.40. The summed E-state index contributed by atoms with van der Waals surface area (Å²) in [7, 11) is 0. The van der Waals surface area contributed by atoms with E-state index >= 15 is 0 Å². The molecule has 1 aliphatic heterocycles. The normalized spacial score (nSPS) is 32.9. The monoisotopic (exact) mass is 260 g/mol. The minimum atomic E-state index is -1.28. The highest BCUT2D eigenvalue weighted by Gasteiger charge is 2.43. The summed E-state index contributed by atoms with van der Waals surface area (Å²) in [6.45, 7) is -0.438. The Balaban J connectivity index is 2.35. The number of hydrogen-bond acceptors (Lipinski definition) is 6. The number of nitrogens with one attached hydrogen (secondary N) is 1. The summed E-state index contributed by atoms with van der Waals surface area (Å²) >= 11 is 4.77. The molecule has 1 fully saturated rings. The van der Waals surface area contributed by atoms with Crippen LogP contribution < -0.4 is 5.69 Å². The molecule has 94 valence electrons. The van der Waals surface area contributed by atoms with Crippen molar-refractivity contribution in [3.05, 3.63) is 27.4 Å². The largest absolute Gasteiger partial charge is 0.394 e. The Morgan fingerprint density at radius 1 is 1.47 bits per heavy atom. The van der Waals surface area contributed by atoms with Gasteiger partial charge in [-0.15, -0.1) is 0 Å². The van der Waals surface area contributed by atoms with Crippen LogP contribution in [0.5, 0.6) is 0 Å². The molecular weight excluding hydrogens is 248 g/mol. The van der Waals surface area contributed by atoms with E-state index in [0.717, 1.165) is 4.57 Å². The zero-order chi connectivity index (χ0) is 12.6. The van der Waals surface area contributed by atoms with Crippen molar-refractivity contribution in [2.45, 2.75) is 24.5 Å². The zero-order valence-electron chi connectivity index (χ0n) is 8.68. The first-order valence-corrected chi connectivity index (χ1v) is 5.39. The quantitative estimate of drug-likeness (QED) is 0.483. The van der Waals surface area contributed by atoms with Crippen LogP contribution in [-0.2, 0) is 4.74 Å². The molecule has 8 heteroatoms. The Morgan fingerprint density at radius 2 is 2.18 bits per heavy atom. The standard InChI is InChI=1S/C9H12N2O5S/c12-3-4-6(13)7(14)8(16-4)11-2-1-5(17)10-9(11)15/h1-2,4,6-8,12-14H,3H2,(H,10,15,17)/t4-,6+,7-,8-/m0/s1. The first-order valence-electron chi connectivity index (χ1n) is 4.98. The van der Waals surface area contributed by atoms with Crippen LogP contribution in [0.3, 0.4) is 0 Å². The molecule has 0 radical (unpaired) electrons. The van der Waals surface area contributed by atoms with Crippen molar-refractivity contribution in [2.24, 2.45) is 0 Å². The van der Waals surface area contributed by atoms with Gasteiger partial charge >= 0.3 is 5.69 Å². The second kappa shape index (κ2) is 4.67. The van der Waals surface area contributed by atoms with Crippen molar-refractivity contribution < 1.29 is 20.1 Å². The molecule has 0 amide bonds. The molecular formula is C9H12N2O5S. The van der Waals surface area contributed by atoms with Crippen molar-refractivity contribution in [2.75, 3.05) is 6.61 Å². The van der Waals surface area contributed by atoms with Gasteiger partial charge in [-0.3, -0.25) is 9.55 Å². The molecule has 0 unspecified atom stereocenters. The van der Waals surface area contributed by atoms with Crippen LogP contribution in [0.15, 0.2) is 17.1 Å². The minimum Gasteiger partial charge on any atom is -0.394 e. The Morgan fingerprint density at radius 3 is 2.71 bits per heavy atom. The van der Waals surface area contributed by atoms with Gasteiger partial charge in [0.25, 0.3) is 0 Å². The molecule has 1 aromatic rings. The van der Waals surface area contributed by atoms with Crippen molar-refractivity contribution in [3.8, 4) is 0 Å². The number of hydrogen-bond donors (Lipinski definition) is 4. The number of aliphatic hydroxyl groups excluding tert-OH is 3. The molecule has 0 bridgehead atoms. The van der Waals surface area contributed by atoms with Crippen LogP contribution in [0.1, 0.15) is 6.23 Å². The van der Waals surface area contributed by atoms with Gasteiger partial charge in [0.05, 0.1) is 6.61 Å². The molecule has 2 heterocycles. The Bertz CT molecular complexity index is 513. The Hall–Kier alpha value is -1.06. The maximum absolute atomic E-state index is 11.6. The summed E-state index contributed by atoms with van der Waals surface area (Å²) in [5, 5.41) is 28.2. The third-order valence-corrected chi connectivity index (χ3v) is 2.88. The van der Waals surface area contributed by atoms with Gasteiger partial charge in [0.1, 0.15) is 23.0 Å². The topological polar surface area (TPSA) is 108 Å². The Labute approximate surface area is 101 Å². The van der Waals surface area contributed by atoms with Gasteiger partial charge in [0.15, 0.2) is 6.23 Å². The summed E-state index contributed by atoms with van der Waals surface area (Å²) in [6, 6.07) is 1.46. The van der Waals surface area contributed by atoms with Gasteiger partial charge in [-0.05, 0) is 6.07 Å². The van der Waals surface area contributed by atoms with Crippen LogP contribution in [0, 0.1) is 4.64 Å². The van der Waals surface area contributed by atoms with E-state index in [1.807, 2.05) is 0 Å². The highest BCUT2D eigenvalue weighted by atomic mass is 32.1. The van der Waals surface area contributed by atoms with Crippen molar-refractivity contribution in [1.29, 1.82) is 0 Å². The summed E-state index contributed by atoms with van der Waals surface area (Å²) < 4.78 is 6.55. The van der Waals surface area contributed by atoms with Gasteiger partial charge < -0.3 is 20.1 Å². The van der Waals surface area contributed by atoms with Crippen molar-refractivity contribution in [3.63, 3.8) is 0 Å². The van der Waals surface area contributed by atoms with Crippen LogP contribution in [-0.4, -0.2) is 49.8 Å². The van der Waals surface area contributed by atoms with E-state index in [4.69, 9.17) is 22.1 Å². The molecule has 0 spiro atoms. The van der Waals surface area contributed by atoms with E-state index in [0.29, 0.717) is 0 Å². The third-order valence-electron chi connectivity index (χ3n) is 2.64. The fourth-order valence-electron chi connectivity index (χ4n) is 1.74. The predicted molar refractivity (Wildman–Crippen MR) is 58.9 cm³/mol. The molecule has 0 saturated carbocycles. The third kappa shape index (κ3) is 2.17. The molecule has 0 aromatic carbocycles. The van der Waals surface area contributed by atoms with Gasteiger partial charge in [0, 0.05) is 6.20 Å². The predicted octanol–water partition coefficient (Wildman–Crippen LogP) is -1.48. The number of aliphatic hydroxyl groups is 3. The SMILES string of the molecule is O=c1[nH]c(=S)ccn1[C@H]1O[C@@H](CO)[C@@H](O)[C@@H]1O. The average molecular weight is 260 g/mol. The molecule has 1 aliphatic rings. The second-order valence-electron chi connectivity index (χ2n) is 3.75. The molecule has 7 nitrogen and oxygen atoms in total. The summed E-state index contributed by atoms with van der Waals surface area (Å²) in [5.41, 5.74) is -0.549. The smallest absolute Gasteiger partial charge is 0.328 e. The van der Waals surface area contributed by atoms with E-state index in [2.05, 4.69) is 4.98 Å². The van der Waals surface area contributed by atoms with Crippen LogP contribution in [0.4, 0.5) is 0 Å². The van der Waals surface area contributed by atoms with Gasteiger partial charge in [-0.1, -0.05) is 12.2 Å². The van der Waals surface area contributed by atoms with E-state index in [9.17, 15) is 15.0 Å². The van der Waals surface area contributed by atoms with Gasteiger partial charge in [-0.2, -0.15) is 0 Å². The second-order valence-corrected chi connectivity index (χ2v) is 4.19. The lowest BCUT2D eigenvalue weighted by molar-refractivity contribution is -0.0550. The fraction of sp³-hybridized carbons (Fsp3) is 0.556. The summed E-state index contributed by atoms with van der Waals surface area (Å²) in [4.78, 5) is 14.0. The summed E-state index contributed by atoms with van der Waals surface area (Å²) in [5.74, 6) is 0. The molecule has 1 saturated heterocycles. The molecule has 1 aromatic heterocycles. The number of nitrogens with zero attached hydrogens (tertiary/aromatic N) is 1. The average Bonchev–Trinajstić information content (AvgIpc) is 2.57. The number of aromatic amines is 1. The maximum atomic E-state index is 11.6. The lowest BCUT2D eigenvalue weighted by Gasteiger charge is -2.16. The minimum absolute atomic E-state index is 0.262. The lowest BCUT2D eigenvalue weighted by Crippen LogP contribution is -2.35. The number of aromatic nitrogens is 2. The molecule has 2 rings (SSSR count). The van der Waals surface area contributed by atoms with Gasteiger partial charge in [-0.25, -0.2) is 4.79 Å². The molecule has 4 N–H and O–H groups in total.